The van der Waals surface area contributed by atoms with Gasteiger partial charge in [0.15, 0.2) is 0 Å². The lowest BCUT2D eigenvalue weighted by Crippen LogP contribution is -2.42. The maximum atomic E-state index is 12.0. The van der Waals surface area contributed by atoms with E-state index in [4.69, 9.17) is 0 Å². The zero-order valence-corrected chi connectivity index (χ0v) is 15.4. The Balaban J connectivity index is 1.89. The first-order chi connectivity index (χ1) is 11.9. The van der Waals surface area contributed by atoms with Crippen LogP contribution in [0.3, 0.4) is 0 Å². The highest BCUT2D eigenvalue weighted by atomic mass is 16.3. The fourth-order valence-corrected chi connectivity index (χ4v) is 2.58. The van der Waals surface area contributed by atoms with E-state index >= 15 is 0 Å². The molecule has 25 heavy (non-hydrogen) atoms. The molecular weight excluding hydrogens is 316 g/mol. The predicted molar refractivity (Wildman–Crippen MR) is 98.7 cm³/mol. The lowest BCUT2D eigenvalue weighted by Gasteiger charge is -2.19. The number of aliphatic hydroxyl groups is 1. The lowest BCUT2D eigenvalue weighted by atomic mass is 10.0. The normalized spacial score (nSPS) is 14.6. The first kappa shape index (κ1) is 19.0. The lowest BCUT2D eigenvalue weighted by molar-refractivity contribution is 0.114. The van der Waals surface area contributed by atoms with Crippen molar-refractivity contribution < 1.29 is 9.90 Å². The molecule has 1 heterocycles. The summed E-state index contributed by atoms with van der Waals surface area (Å²) < 4.78 is 2.00. The fourth-order valence-electron chi connectivity index (χ4n) is 2.58. The molecule has 3 atom stereocenters. The number of urea groups is 1. The number of carbonyl (C=O) groups excluding carboxylic acids is 1. The minimum atomic E-state index is -0.524. The Morgan fingerprint density at radius 3 is 2.52 bits per heavy atom. The molecule has 0 saturated heterocycles. The van der Waals surface area contributed by atoms with Gasteiger partial charge in [0.25, 0.3) is 0 Å². The van der Waals surface area contributed by atoms with Gasteiger partial charge in [0.1, 0.15) is 5.82 Å². The van der Waals surface area contributed by atoms with Gasteiger partial charge in [-0.15, -0.1) is 0 Å². The average molecular weight is 344 g/mol. The smallest absolute Gasteiger partial charge is 0.315 e. The van der Waals surface area contributed by atoms with Gasteiger partial charge in [-0.25, -0.2) is 9.78 Å². The zero-order valence-electron chi connectivity index (χ0n) is 15.4. The monoisotopic (exact) mass is 344 g/mol. The number of aromatic nitrogens is 2. The van der Waals surface area contributed by atoms with Gasteiger partial charge in [-0.05, 0) is 37.5 Å². The summed E-state index contributed by atoms with van der Waals surface area (Å²) in [5.74, 6) is 1.09. The molecule has 6 heteroatoms. The van der Waals surface area contributed by atoms with E-state index in [9.17, 15) is 9.90 Å². The van der Waals surface area contributed by atoms with Crippen molar-refractivity contribution in [2.24, 2.45) is 5.92 Å². The highest BCUT2D eigenvalue weighted by molar-refractivity contribution is 5.74. The number of imidazole rings is 1. The second-order valence-corrected chi connectivity index (χ2v) is 6.46. The van der Waals surface area contributed by atoms with E-state index in [1.54, 1.807) is 6.20 Å². The van der Waals surface area contributed by atoms with Crippen LogP contribution in [0, 0.1) is 12.8 Å². The van der Waals surface area contributed by atoms with Crippen molar-refractivity contribution in [1.82, 2.24) is 20.2 Å². The number of nitrogens with one attached hydrogen (secondary N) is 2. The molecule has 0 bridgehead atoms. The number of rotatable bonds is 7. The van der Waals surface area contributed by atoms with E-state index < -0.39 is 6.10 Å². The molecular formula is C19H28N4O2. The van der Waals surface area contributed by atoms with Gasteiger partial charge >= 0.3 is 6.03 Å². The summed E-state index contributed by atoms with van der Waals surface area (Å²) in [6.07, 6.45) is 4.04. The summed E-state index contributed by atoms with van der Waals surface area (Å²) in [6, 6.07) is 7.60. The first-order valence-corrected chi connectivity index (χ1v) is 8.75. The van der Waals surface area contributed by atoms with Gasteiger partial charge < -0.3 is 20.3 Å². The highest BCUT2D eigenvalue weighted by Crippen LogP contribution is 2.16. The van der Waals surface area contributed by atoms with Crippen molar-refractivity contribution in [3.8, 4) is 5.69 Å². The van der Waals surface area contributed by atoms with Crippen LogP contribution in [-0.2, 0) is 0 Å². The van der Waals surface area contributed by atoms with Crippen LogP contribution in [0.5, 0.6) is 0 Å². The third-order valence-corrected chi connectivity index (χ3v) is 4.62. The van der Waals surface area contributed by atoms with E-state index in [1.165, 1.54) is 0 Å². The van der Waals surface area contributed by atoms with Gasteiger partial charge in [0, 0.05) is 24.6 Å². The second-order valence-electron chi connectivity index (χ2n) is 6.46. The molecule has 3 N–H and O–H groups in total. The Morgan fingerprint density at radius 2 is 1.96 bits per heavy atom. The number of aryl methyl sites for hydroxylation is 1. The number of hydrogen-bond donors (Lipinski definition) is 3. The van der Waals surface area contributed by atoms with E-state index in [-0.39, 0.29) is 24.5 Å². The SMILES string of the molecule is CCC(C)C(O)CNC(=O)NC(C)c1ccc(-n2ccnc2C)cc1. The van der Waals surface area contributed by atoms with Crippen LogP contribution in [0.25, 0.3) is 5.69 Å². The van der Waals surface area contributed by atoms with Crippen molar-refractivity contribution in [2.45, 2.75) is 46.3 Å². The molecule has 2 amide bonds. The van der Waals surface area contributed by atoms with E-state index in [0.717, 1.165) is 23.5 Å². The molecule has 0 spiro atoms. The van der Waals surface area contributed by atoms with Crippen LogP contribution >= 0.6 is 0 Å². The van der Waals surface area contributed by atoms with Gasteiger partial charge in [0.2, 0.25) is 0 Å². The molecule has 1 aromatic carbocycles. The Morgan fingerprint density at radius 1 is 1.28 bits per heavy atom. The summed E-state index contributed by atoms with van der Waals surface area (Å²) in [7, 11) is 0. The van der Waals surface area contributed by atoms with Crippen molar-refractivity contribution in [1.29, 1.82) is 0 Å². The molecule has 0 aliphatic carbocycles. The van der Waals surface area contributed by atoms with E-state index in [1.807, 2.05) is 62.7 Å². The Kier molecular flexibility index (Phi) is 6.58. The number of carbonyl (C=O) groups is 1. The number of hydrogen-bond acceptors (Lipinski definition) is 3. The van der Waals surface area contributed by atoms with Crippen LogP contribution in [0.4, 0.5) is 4.79 Å². The van der Waals surface area contributed by atoms with Crippen LogP contribution in [0.1, 0.15) is 44.6 Å². The second kappa shape index (κ2) is 8.67. The van der Waals surface area contributed by atoms with Crippen LogP contribution in [0.2, 0.25) is 0 Å². The molecule has 0 saturated carbocycles. The standard InChI is InChI=1S/C19H28N4O2/c1-5-13(2)18(24)12-21-19(25)22-14(3)16-6-8-17(9-7-16)23-11-10-20-15(23)4/h6-11,13-14,18,24H,5,12H2,1-4H3,(H2,21,22,25). The first-order valence-electron chi connectivity index (χ1n) is 8.75. The summed E-state index contributed by atoms with van der Waals surface area (Å²) in [6.45, 7) is 8.13. The molecule has 0 aliphatic rings. The molecule has 0 aliphatic heterocycles. The molecule has 0 radical (unpaired) electrons. The van der Waals surface area contributed by atoms with Crippen LogP contribution in [-0.4, -0.2) is 33.3 Å². The van der Waals surface area contributed by atoms with Crippen molar-refractivity contribution in [3.63, 3.8) is 0 Å². The van der Waals surface area contributed by atoms with Gasteiger partial charge in [0.05, 0.1) is 12.1 Å². The van der Waals surface area contributed by atoms with Crippen LogP contribution < -0.4 is 10.6 Å². The minimum Gasteiger partial charge on any atom is -0.391 e. The van der Waals surface area contributed by atoms with E-state index in [0.29, 0.717) is 0 Å². The average Bonchev–Trinajstić information content (AvgIpc) is 3.05. The highest BCUT2D eigenvalue weighted by Gasteiger charge is 2.15. The van der Waals surface area contributed by atoms with Crippen molar-refractivity contribution >= 4 is 6.03 Å². The summed E-state index contributed by atoms with van der Waals surface area (Å²) in [5, 5.41) is 15.5. The Bertz CT molecular complexity index is 681. The Labute approximate surface area is 149 Å². The van der Waals surface area contributed by atoms with Crippen molar-refractivity contribution in [2.75, 3.05) is 6.54 Å². The molecule has 2 aromatic rings. The van der Waals surface area contributed by atoms with Crippen LogP contribution in [0.15, 0.2) is 36.7 Å². The largest absolute Gasteiger partial charge is 0.391 e. The van der Waals surface area contributed by atoms with Gasteiger partial charge in [-0.3, -0.25) is 0 Å². The fraction of sp³-hybridized carbons (Fsp3) is 0.474. The predicted octanol–water partition coefficient (Wildman–Crippen LogP) is 2.95. The summed E-state index contributed by atoms with van der Waals surface area (Å²) >= 11 is 0. The molecule has 6 nitrogen and oxygen atoms in total. The number of aliphatic hydroxyl groups excluding tert-OH is 1. The quantitative estimate of drug-likeness (QED) is 0.722. The molecule has 136 valence electrons. The zero-order chi connectivity index (χ0) is 18.4. The third-order valence-electron chi connectivity index (χ3n) is 4.62. The van der Waals surface area contributed by atoms with Gasteiger partial charge in [-0.2, -0.15) is 0 Å². The number of nitrogens with zero attached hydrogens (tertiary/aromatic N) is 2. The molecule has 1 aromatic heterocycles. The topological polar surface area (TPSA) is 79.2 Å². The summed E-state index contributed by atoms with van der Waals surface area (Å²) in [5.41, 5.74) is 2.05. The minimum absolute atomic E-state index is 0.126. The molecule has 2 rings (SSSR count). The maximum Gasteiger partial charge on any atom is 0.315 e. The van der Waals surface area contributed by atoms with Crippen molar-refractivity contribution in [3.05, 3.63) is 48.0 Å². The number of benzene rings is 1. The Hall–Kier alpha value is -2.34. The molecule has 0 fully saturated rings. The third kappa shape index (κ3) is 5.06. The summed E-state index contributed by atoms with van der Waals surface area (Å²) in [4.78, 5) is 16.2. The number of amides is 2. The van der Waals surface area contributed by atoms with Gasteiger partial charge in [-0.1, -0.05) is 32.4 Å². The molecule has 3 unspecified atom stereocenters. The van der Waals surface area contributed by atoms with E-state index in [2.05, 4.69) is 15.6 Å². The maximum absolute atomic E-state index is 12.0.